The average molecular weight is 332 g/mol. The van der Waals surface area contributed by atoms with Gasteiger partial charge in [-0.15, -0.1) is 0 Å². The fraction of sp³-hybridized carbons (Fsp3) is 0.533. The van der Waals surface area contributed by atoms with E-state index in [1.165, 1.54) is 0 Å². The van der Waals surface area contributed by atoms with Gasteiger partial charge in [0.05, 0.1) is 12.1 Å². The van der Waals surface area contributed by atoms with Crippen LogP contribution in [0.5, 0.6) is 0 Å². The van der Waals surface area contributed by atoms with Crippen molar-refractivity contribution in [3.05, 3.63) is 33.8 Å². The first kappa shape index (κ1) is 16.6. The fourth-order valence-corrected chi connectivity index (χ4v) is 2.92. The van der Waals surface area contributed by atoms with E-state index in [9.17, 15) is 9.90 Å². The summed E-state index contributed by atoms with van der Waals surface area (Å²) in [5.41, 5.74) is 0.348. The van der Waals surface area contributed by atoms with Gasteiger partial charge in [-0.25, -0.2) is 0 Å². The predicted molar refractivity (Wildman–Crippen MR) is 82.8 cm³/mol. The van der Waals surface area contributed by atoms with E-state index in [1.54, 1.807) is 12.1 Å². The van der Waals surface area contributed by atoms with Gasteiger partial charge in [0.25, 0.3) is 0 Å². The van der Waals surface area contributed by atoms with Gasteiger partial charge in [0.2, 0.25) is 5.91 Å². The molecule has 0 atom stereocenters. The zero-order valence-electron chi connectivity index (χ0n) is 11.7. The van der Waals surface area contributed by atoms with Crippen LogP contribution < -0.4 is 5.32 Å². The molecule has 1 aliphatic heterocycles. The zero-order chi connectivity index (χ0) is 15.3. The maximum absolute atomic E-state index is 12.1. The number of amides is 1. The van der Waals surface area contributed by atoms with E-state index >= 15 is 0 Å². The molecule has 0 aromatic heterocycles. The molecule has 0 aliphatic carbocycles. The van der Waals surface area contributed by atoms with Gasteiger partial charge in [0, 0.05) is 29.7 Å². The number of carbonyl (C=O) groups is 1. The monoisotopic (exact) mass is 331 g/mol. The predicted octanol–water partition coefficient (Wildman–Crippen LogP) is 2.58. The molecule has 0 saturated carbocycles. The number of aryl methyl sites for hydroxylation is 1. The molecule has 1 saturated heterocycles. The number of aliphatic hydroxyl groups is 1. The Morgan fingerprint density at radius 3 is 2.67 bits per heavy atom. The number of benzene rings is 1. The summed E-state index contributed by atoms with van der Waals surface area (Å²) in [6.07, 6.45) is 2.14. The Morgan fingerprint density at radius 2 is 2.05 bits per heavy atom. The van der Waals surface area contributed by atoms with Crippen LogP contribution in [0.25, 0.3) is 0 Å². The lowest BCUT2D eigenvalue weighted by atomic mass is 9.90. The van der Waals surface area contributed by atoms with Crippen LogP contribution in [-0.4, -0.2) is 36.4 Å². The number of hydrogen-bond acceptors (Lipinski definition) is 3. The van der Waals surface area contributed by atoms with Gasteiger partial charge in [0.15, 0.2) is 0 Å². The fourth-order valence-electron chi connectivity index (χ4n) is 2.42. The summed E-state index contributed by atoms with van der Waals surface area (Å²) in [6.45, 7) is 1.05. The van der Waals surface area contributed by atoms with Crippen molar-refractivity contribution in [3.8, 4) is 0 Å². The van der Waals surface area contributed by atoms with Crippen molar-refractivity contribution in [1.29, 1.82) is 0 Å². The number of nitrogens with one attached hydrogen (secondary N) is 1. The summed E-state index contributed by atoms with van der Waals surface area (Å²) in [4.78, 5) is 12.1. The molecule has 0 spiro atoms. The van der Waals surface area contributed by atoms with E-state index < -0.39 is 5.54 Å². The highest BCUT2D eigenvalue weighted by Gasteiger charge is 2.33. The minimum Gasteiger partial charge on any atom is -0.394 e. The Balaban J connectivity index is 1.89. The van der Waals surface area contributed by atoms with Gasteiger partial charge in [0.1, 0.15) is 0 Å². The summed E-state index contributed by atoms with van der Waals surface area (Å²) in [6, 6.07) is 5.26. The van der Waals surface area contributed by atoms with E-state index in [2.05, 4.69) is 5.32 Å². The maximum atomic E-state index is 12.1. The van der Waals surface area contributed by atoms with Crippen LogP contribution in [0.15, 0.2) is 18.2 Å². The quantitative estimate of drug-likeness (QED) is 0.871. The van der Waals surface area contributed by atoms with Crippen molar-refractivity contribution in [1.82, 2.24) is 5.32 Å². The summed E-state index contributed by atoms with van der Waals surface area (Å²) in [5, 5.41) is 13.6. The van der Waals surface area contributed by atoms with Crippen LogP contribution in [0.2, 0.25) is 10.0 Å². The second-order valence-corrected chi connectivity index (χ2v) is 6.18. The van der Waals surface area contributed by atoms with Gasteiger partial charge < -0.3 is 15.2 Å². The number of halogens is 2. The number of carbonyl (C=O) groups excluding carboxylic acids is 1. The third kappa shape index (κ3) is 4.58. The van der Waals surface area contributed by atoms with Crippen LogP contribution in [0.1, 0.15) is 24.8 Å². The largest absolute Gasteiger partial charge is 0.394 e. The maximum Gasteiger partial charge on any atom is 0.220 e. The molecule has 4 nitrogen and oxygen atoms in total. The summed E-state index contributed by atoms with van der Waals surface area (Å²) >= 11 is 11.9. The van der Waals surface area contributed by atoms with E-state index in [0.717, 1.165) is 5.56 Å². The molecule has 1 fully saturated rings. The molecule has 1 heterocycles. The van der Waals surface area contributed by atoms with Crippen molar-refractivity contribution < 1.29 is 14.6 Å². The van der Waals surface area contributed by atoms with E-state index in [-0.39, 0.29) is 12.5 Å². The molecule has 1 aromatic rings. The highest BCUT2D eigenvalue weighted by molar-refractivity contribution is 6.35. The van der Waals surface area contributed by atoms with Crippen LogP contribution in [0.3, 0.4) is 0 Å². The number of aliphatic hydroxyl groups excluding tert-OH is 1. The van der Waals surface area contributed by atoms with Crippen LogP contribution >= 0.6 is 23.2 Å². The molecule has 1 aliphatic rings. The normalized spacial score (nSPS) is 17.5. The second kappa shape index (κ2) is 7.45. The molecule has 21 heavy (non-hydrogen) atoms. The number of ether oxygens (including phenoxy) is 1. The molecule has 0 radical (unpaired) electrons. The number of rotatable bonds is 5. The molecular weight excluding hydrogens is 313 g/mol. The molecule has 1 aromatic carbocycles. The van der Waals surface area contributed by atoms with Gasteiger partial charge in [-0.3, -0.25) is 4.79 Å². The Labute approximate surface area is 134 Å². The van der Waals surface area contributed by atoms with Crippen molar-refractivity contribution in [2.75, 3.05) is 19.8 Å². The molecule has 1 amide bonds. The van der Waals surface area contributed by atoms with E-state index in [0.29, 0.717) is 48.9 Å². The third-order valence-corrected chi connectivity index (χ3v) is 4.38. The smallest absolute Gasteiger partial charge is 0.220 e. The van der Waals surface area contributed by atoms with E-state index in [4.69, 9.17) is 27.9 Å². The summed E-state index contributed by atoms with van der Waals surface area (Å²) in [5.74, 6) is -0.0861. The second-order valence-electron chi connectivity index (χ2n) is 5.33. The van der Waals surface area contributed by atoms with Crippen molar-refractivity contribution in [2.24, 2.45) is 0 Å². The average Bonchev–Trinajstić information content (AvgIpc) is 2.47. The molecule has 0 bridgehead atoms. The lowest BCUT2D eigenvalue weighted by Crippen LogP contribution is -2.54. The summed E-state index contributed by atoms with van der Waals surface area (Å²) < 4.78 is 5.27. The standard InChI is InChI=1S/C15H19Cl2NO3/c16-12-3-1-11(13(17)9-12)2-4-14(20)18-15(10-19)5-7-21-8-6-15/h1,3,9,19H,2,4-8,10H2,(H,18,20). The molecule has 0 unspecified atom stereocenters. The SMILES string of the molecule is O=C(CCc1ccc(Cl)cc1Cl)NC1(CO)CCOCC1. The first-order valence-corrected chi connectivity index (χ1v) is 7.74. The Hall–Kier alpha value is -0.810. The molecular formula is C15H19Cl2NO3. The highest BCUT2D eigenvalue weighted by atomic mass is 35.5. The lowest BCUT2D eigenvalue weighted by molar-refractivity contribution is -0.125. The Bertz CT molecular complexity index is 502. The van der Waals surface area contributed by atoms with E-state index in [1.807, 2.05) is 6.07 Å². The first-order chi connectivity index (χ1) is 10.0. The lowest BCUT2D eigenvalue weighted by Gasteiger charge is -2.36. The molecule has 2 N–H and O–H groups in total. The van der Waals surface area contributed by atoms with Crippen molar-refractivity contribution >= 4 is 29.1 Å². The highest BCUT2D eigenvalue weighted by Crippen LogP contribution is 2.23. The Morgan fingerprint density at radius 1 is 1.33 bits per heavy atom. The minimum atomic E-state index is -0.543. The van der Waals surface area contributed by atoms with Crippen LogP contribution in [-0.2, 0) is 16.0 Å². The topological polar surface area (TPSA) is 58.6 Å². The zero-order valence-corrected chi connectivity index (χ0v) is 13.2. The van der Waals surface area contributed by atoms with Crippen LogP contribution in [0, 0.1) is 0 Å². The van der Waals surface area contributed by atoms with Gasteiger partial charge in [-0.2, -0.15) is 0 Å². The minimum absolute atomic E-state index is 0.0657. The van der Waals surface area contributed by atoms with Gasteiger partial charge in [-0.05, 0) is 37.0 Å². The third-order valence-electron chi connectivity index (χ3n) is 3.79. The molecule has 2 rings (SSSR count). The molecule has 6 heteroatoms. The number of hydrogen-bond donors (Lipinski definition) is 2. The van der Waals surface area contributed by atoms with Crippen molar-refractivity contribution in [2.45, 2.75) is 31.2 Å². The van der Waals surface area contributed by atoms with Gasteiger partial charge in [-0.1, -0.05) is 29.3 Å². The molecule has 116 valence electrons. The van der Waals surface area contributed by atoms with Gasteiger partial charge >= 0.3 is 0 Å². The Kier molecular flexibility index (Phi) is 5.88. The summed E-state index contributed by atoms with van der Waals surface area (Å²) in [7, 11) is 0. The van der Waals surface area contributed by atoms with Crippen LogP contribution in [0.4, 0.5) is 0 Å². The van der Waals surface area contributed by atoms with Crippen molar-refractivity contribution in [3.63, 3.8) is 0 Å². The first-order valence-electron chi connectivity index (χ1n) is 6.98.